The van der Waals surface area contributed by atoms with Crippen LogP contribution in [0.3, 0.4) is 0 Å². The molecule has 122 valence electrons. The lowest BCUT2D eigenvalue weighted by Gasteiger charge is -2.41. The maximum atomic E-state index is 5.89. The van der Waals surface area contributed by atoms with Gasteiger partial charge in [0.05, 0.1) is 12.7 Å². The smallest absolute Gasteiger partial charge is 0.119 e. The van der Waals surface area contributed by atoms with E-state index in [4.69, 9.17) is 21.1 Å². The summed E-state index contributed by atoms with van der Waals surface area (Å²) in [6.45, 7) is 5.02. The predicted molar refractivity (Wildman–Crippen MR) is 89.6 cm³/mol. The van der Waals surface area contributed by atoms with E-state index in [1.807, 2.05) is 0 Å². The first-order valence-electron chi connectivity index (χ1n) is 8.47. The summed E-state index contributed by atoms with van der Waals surface area (Å²) in [5.74, 6) is 2.33. The van der Waals surface area contributed by atoms with E-state index in [1.54, 1.807) is 0 Å². The van der Waals surface area contributed by atoms with Crippen LogP contribution >= 0.6 is 11.6 Å². The minimum atomic E-state index is 0.516. The fraction of sp³-hybridized carbons (Fsp3) is 0.667. The molecule has 0 aromatic heterocycles. The van der Waals surface area contributed by atoms with E-state index in [0.29, 0.717) is 18.6 Å². The lowest BCUT2D eigenvalue weighted by molar-refractivity contribution is -0.0676. The SMILES string of the molecule is ClCCCOc1ccc(CN2CC[C@H]3OCCC[C@@H]3C2)cc1. The van der Waals surface area contributed by atoms with Crippen LogP contribution in [0.5, 0.6) is 5.75 Å². The van der Waals surface area contributed by atoms with E-state index in [0.717, 1.165) is 37.8 Å². The van der Waals surface area contributed by atoms with Crippen LogP contribution in [0.25, 0.3) is 0 Å². The first-order chi connectivity index (χ1) is 10.8. The topological polar surface area (TPSA) is 21.7 Å². The molecule has 2 atom stereocenters. The van der Waals surface area contributed by atoms with Crippen LogP contribution in [0, 0.1) is 5.92 Å². The largest absolute Gasteiger partial charge is 0.494 e. The number of ether oxygens (including phenoxy) is 2. The van der Waals surface area contributed by atoms with Crippen molar-refractivity contribution < 1.29 is 9.47 Å². The zero-order valence-corrected chi connectivity index (χ0v) is 13.9. The number of halogens is 1. The predicted octanol–water partition coefficient (Wildman–Crippen LogP) is 3.70. The molecule has 1 aromatic rings. The highest BCUT2D eigenvalue weighted by Gasteiger charge is 2.31. The lowest BCUT2D eigenvalue weighted by atomic mass is 9.88. The van der Waals surface area contributed by atoms with Crippen molar-refractivity contribution >= 4 is 11.6 Å². The molecule has 2 aliphatic rings. The highest BCUT2D eigenvalue weighted by Crippen LogP contribution is 2.29. The van der Waals surface area contributed by atoms with Crippen molar-refractivity contribution in [2.45, 2.75) is 38.3 Å². The molecule has 2 heterocycles. The Labute approximate surface area is 138 Å². The molecule has 0 aliphatic carbocycles. The molecule has 3 nitrogen and oxygen atoms in total. The fourth-order valence-corrected chi connectivity index (χ4v) is 3.61. The monoisotopic (exact) mass is 323 g/mol. The molecule has 0 bridgehead atoms. The minimum Gasteiger partial charge on any atom is -0.494 e. The Hall–Kier alpha value is -0.770. The molecule has 2 fully saturated rings. The number of benzene rings is 1. The van der Waals surface area contributed by atoms with E-state index in [-0.39, 0.29) is 0 Å². The van der Waals surface area contributed by atoms with Gasteiger partial charge < -0.3 is 9.47 Å². The molecule has 0 spiro atoms. The highest BCUT2D eigenvalue weighted by atomic mass is 35.5. The molecule has 0 N–H and O–H groups in total. The van der Waals surface area contributed by atoms with Crippen molar-refractivity contribution in [1.82, 2.24) is 4.90 Å². The fourth-order valence-electron chi connectivity index (χ4n) is 3.50. The lowest BCUT2D eigenvalue weighted by Crippen LogP contribution is -2.45. The van der Waals surface area contributed by atoms with Crippen LogP contribution in [0.4, 0.5) is 0 Å². The van der Waals surface area contributed by atoms with Gasteiger partial charge in [0.1, 0.15) is 5.75 Å². The third-order valence-electron chi connectivity index (χ3n) is 4.68. The van der Waals surface area contributed by atoms with Crippen molar-refractivity contribution in [3.63, 3.8) is 0 Å². The standard InChI is InChI=1S/C18H26ClNO2/c19-9-2-12-21-17-6-4-15(5-7-17)13-20-10-8-18-16(14-20)3-1-11-22-18/h4-7,16,18H,1-3,8-14H2/t16-,18-/m1/s1. The van der Waals surface area contributed by atoms with Crippen molar-refractivity contribution in [2.75, 3.05) is 32.2 Å². The average Bonchev–Trinajstić information content (AvgIpc) is 2.57. The van der Waals surface area contributed by atoms with Gasteiger partial charge >= 0.3 is 0 Å². The summed E-state index contributed by atoms with van der Waals surface area (Å²) in [6, 6.07) is 8.50. The van der Waals surface area contributed by atoms with Crippen LogP contribution in [0.15, 0.2) is 24.3 Å². The first-order valence-corrected chi connectivity index (χ1v) is 9.00. The van der Waals surface area contributed by atoms with Crippen molar-refractivity contribution in [2.24, 2.45) is 5.92 Å². The molecular formula is C18H26ClNO2. The summed E-state index contributed by atoms with van der Waals surface area (Å²) in [5, 5.41) is 0. The third kappa shape index (κ3) is 4.37. The number of nitrogens with zero attached hydrogens (tertiary/aromatic N) is 1. The van der Waals surface area contributed by atoms with E-state index in [9.17, 15) is 0 Å². The zero-order chi connectivity index (χ0) is 15.2. The molecular weight excluding hydrogens is 298 g/mol. The van der Waals surface area contributed by atoms with Gasteiger partial charge in [-0.25, -0.2) is 0 Å². The van der Waals surface area contributed by atoms with Gasteiger partial charge in [-0.3, -0.25) is 4.90 Å². The second kappa shape index (κ2) is 8.19. The second-order valence-corrected chi connectivity index (χ2v) is 6.75. The van der Waals surface area contributed by atoms with Gasteiger partial charge in [0.15, 0.2) is 0 Å². The third-order valence-corrected chi connectivity index (χ3v) is 4.94. The Bertz CT molecular complexity index is 451. The van der Waals surface area contributed by atoms with Gasteiger partial charge in [-0.05, 0) is 49.3 Å². The number of rotatable bonds is 6. The Balaban J connectivity index is 1.48. The molecule has 2 aliphatic heterocycles. The van der Waals surface area contributed by atoms with Crippen molar-refractivity contribution in [3.05, 3.63) is 29.8 Å². The van der Waals surface area contributed by atoms with Crippen LogP contribution in [0.2, 0.25) is 0 Å². The number of piperidine rings is 1. The van der Waals surface area contributed by atoms with Crippen LogP contribution < -0.4 is 4.74 Å². The van der Waals surface area contributed by atoms with Crippen LogP contribution in [-0.4, -0.2) is 43.2 Å². The average molecular weight is 324 g/mol. The summed E-state index contributed by atoms with van der Waals surface area (Å²) >= 11 is 5.66. The van der Waals surface area contributed by atoms with Crippen LogP contribution in [0.1, 0.15) is 31.2 Å². The molecule has 0 amide bonds. The van der Waals surface area contributed by atoms with E-state index >= 15 is 0 Å². The van der Waals surface area contributed by atoms with E-state index in [1.165, 1.54) is 31.4 Å². The van der Waals surface area contributed by atoms with Gasteiger partial charge in [-0.1, -0.05) is 12.1 Å². The number of hydrogen-bond donors (Lipinski definition) is 0. The van der Waals surface area contributed by atoms with Crippen molar-refractivity contribution in [3.8, 4) is 5.75 Å². The maximum absolute atomic E-state index is 5.89. The van der Waals surface area contributed by atoms with E-state index in [2.05, 4.69) is 29.2 Å². The molecule has 22 heavy (non-hydrogen) atoms. The van der Waals surface area contributed by atoms with Gasteiger partial charge in [-0.2, -0.15) is 0 Å². The summed E-state index contributed by atoms with van der Waals surface area (Å²) in [7, 11) is 0. The van der Waals surface area contributed by atoms with Gasteiger partial charge in [0.2, 0.25) is 0 Å². The Morgan fingerprint density at radius 3 is 2.91 bits per heavy atom. The number of alkyl halides is 1. The molecule has 3 rings (SSSR count). The number of hydrogen-bond acceptors (Lipinski definition) is 3. The Morgan fingerprint density at radius 2 is 2.09 bits per heavy atom. The van der Waals surface area contributed by atoms with E-state index < -0.39 is 0 Å². The molecule has 4 heteroatoms. The molecule has 0 radical (unpaired) electrons. The summed E-state index contributed by atoms with van der Waals surface area (Å²) in [6.07, 6.45) is 5.15. The van der Waals surface area contributed by atoms with Crippen molar-refractivity contribution in [1.29, 1.82) is 0 Å². The van der Waals surface area contributed by atoms with Gasteiger partial charge in [-0.15, -0.1) is 11.6 Å². The first kappa shape index (κ1) is 16.1. The second-order valence-electron chi connectivity index (χ2n) is 6.37. The molecule has 1 aromatic carbocycles. The summed E-state index contributed by atoms with van der Waals surface area (Å²) in [4.78, 5) is 2.57. The minimum absolute atomic E-state index is 0.516. The van der Waals surface area contributed by atoms with Gasteiger partial charge in [0.25, 0.3) is 0 Å². The molecule has 0 unspecified atom stereocenters. The number of fused-ring (bicyclic) bond motifs is 1. The number of likely N-dealkylation sites (tertiary alicyclic amines) is 1. The normalized spacial score (nSPS) is 25.7. The molecule has 0 saturated carbocycles. The van der Waals surface area contributed by atoms with Gasteiger partial charge in [0, 0.05) is 32.1 Å². The highest BCUT2D eigenvalue weighted by molar-refractivity contribution is 6.17. The molecule has 2 saturated heterocycles. The summed E-state index contributed by atoms with van der Waals surface area (Å²) in [5.41, 5.74) is 1.36. The Kier molecular flexibility index (Phi) is 5.99. The zero-order valence-electron chi connectivity index (χ0n) is 13.2. The summed E-state index contributed by atoms with van der Waals surface area (Å²) < 4.78 is 11.5. The quantitative estimate of drug-likeness (QED) is 0.588. The Morgan fingerprint density at radius 1 is 1.23 bits per heavy atom. The van der Waals surface area contributed by atoms with Crippen LogP contribution in [-0.2, 0) is 11.3 Å². The maximum Gasteiger partial charge on any atom is 0.119 e.